The minimum atomic E-state index is -0.882. The van der Waals surface area contributed by atoms with Crippen molar-refractivity contribution in [2.75, 3.05) is 24.9 Å². The second-order valence-corrected chi connectivity index (χ2v) is 7.08. The van der Waals surface area contributed by atoms with Crippen molar-refractivity contribution < 1.29 is 18.7 Å². The monoisotopic (exact) mass is 444 g/mol. The van der Waals surface area contributed by atoms with E-state index in [4.69, 9.17) is 21.1 Å². The van der Waals surface area contributed by atoms with E-state index in [2.05, 4.69) is 26.2 Å². The van der Waals surface area contributed by atoms with E-state index >= 15 is 0 Å². The van der Waals surface area contributed by atoms with Gasteiger partial charge >= 0.3 is 0 Å². The smallest absolute Gasteiger partial charge is 0.255 e. The number of hydrogen-bond donors (Lipinski definition) is 2. The number of carbonyl (C=O) groups excluding carboxylic acids is 1. The second-order valence-electron chi connectivity index (χ2n) is 6.68. The summed E-state index contributed by atoms with van der Waals surface area (Å²) in [7, 11) is 2.92. The summed E-state index contributed by atoms with van der Waals surface area (Å²) in [5, 5.41) is 17.6. The Labute approximate surface area is 181 Å². The van der Waals surface area contributed by atoms with Crippen LogP contribution in [0.1, 0.15) is 18.5 Å². The Morgan fingerprint density at radius 1 is 1.23 bits per heavy atom. The van der Waals surface area contributed by atoms with Gasteiger partial charge < -0.3 is 20.1 Å². The van der Waals surface area contributed by atoms with Crippen molar-refractivity contribution >= 4 is 29.1 Å². The van der Waals surface area contributed by atoms with E-state index < -0.39 is 17.8 Å². The van der Waals surface area contributed by atoms with Crippen LogP contribution in [0, 0.1) is 5.82 Å². The minimum Gasteiger partial charge on any atom is -0.495 e. The molecule has 1 amide bonds. The zero-order chi connectivity index (χ0) is 22.1. The maximum absolute atomic E-state index is 14.7. The molecule has 1 atom stereocenters. The molecule has 160 valence electrons. The molecule has 11 heteroatoms. The highest BCUT2D eigenvalue weighted by molar-refractivity contribution is 6.32. The van der Waals surface area contributed by atoms with Crippen molar-refractivity contribution in [3.63, 3.8) is 0 Å². The molecule has 1 aliphatic rings. The van der Waals surface area contributed by atoms with Crippen molar-refractivity contribution in [2.45, 2.75) is 13.0 Å². The molecule has 4 rings (SSSR count). The van der Waals surface area contributed by atoms with Crippen LogP contribution in [0.15, 0.2) is 47.7 Å². The number of anilines is 2. The van der Waals surface area contributed by atoms with E-state index in [1.807, 2.05) is 0 Å². The largest absolute Gasteiger partial charge is 0.495 e. The number of amides is 1. The van der Waals surface area contributed by atoms with E-state index in [9.17, 15) is 9.18 Å². The number of allylic oxidation sites excluding steroid dienone is 1. The SMILES string of the molecule is COc1cc(NC(=O)C2=C(C)Nc3nnnn3[C@H]2c2ccccc2F)c(OC)cc1Cl. The Morgan fingerprint density at radius 2 is 1.97 bits per heavy atom. The Bertz CT molecular complexity index is 1200. The molecule has 0 aliphatic carbocycles. The Hall–Kier alpha value is -3.66. The van der Waals surface area contributed by atoms with E-state index in [0.717, 1.165) is 0 Å². The normalized spacial score (nSPS) is 15.2. The number of hydrogen-bond acceptors (Lipinski definition) is 7. The van der Waals surface area contributed by atoms with Gasteiger partial charge in [-0.1, -0.05) is 34.9 Å². The topological polar surface area (TPSA) is 103 Å². The Morgan fingerprint density at radius 3 is 2.68 bits per heavy atom. The Balaban J connectivity index is 1.79. The quantitative estimate of drug-likeness (QED) is 0.621. The lowest BCUT2D eigenvalue weighted by Crippen LogP contribution is -2.32. The molecule has 0 radical (unpaired) electrons. The lowest BCUT2D eigenvalue weighted by atomic mass is 9.94. The molecular weight excluding hydrogens is 427 g/mol. The highest BCUT2D eigenvalue weighted by atomic mass is 35.5. The van der Waals surface area contributed by atoms with Crippen LogP contribution >= 0.6 is 11.6 Å². The molecule has 31 heavy (non-hydrogen) atoms. The number of fused-ring (bicyclic) bond motifs is 1. The van der Waals surface area contributed by atoms with Crippen LogP contribution in [0.4, 0.5) is 16.0 Å². The average Bonchev–Trinajstić information content (AvgIpc) is 3.22. The van der Waals surface area contributed by atoms with E-state index in [1.54, 1.807) is 31.2 Å². The van der Waals surface area contributed by atoms with Crippen LogP contribution in [0.25, 0.3) is 0 Å². The minimum absolute atomic E-state index is 0.237. The molecule has 2 heterocycles. The average molecular weight is 445 g/mol. The molecule has 0 fully saturated rings. The van der Waals surface area contributed by atoms with Crippen molar-refractivity contribution in [3.8, 4) is 11.5 Å². The third kappa shape index (κ3) is 3.66. The van der Waals surface area contributed by atoms with E-state index in [0.29, 0.717) is 33.9 Å². The number of methoxy groups -OCH3 is 2. The van der Waals surface area contributed by atoms with E-state index in [-0.39, 0.29) is 11.1 Å². The number of nitrogens with one attached hydrogen (secondary N) is 2. The third-order valence-electron chi connectivity index (χ3n) is 4.88. The molecule has 3 aromatic rings. The van der Waals surface area contributed by atoms with Crippen LogP contribution in [0.5, 0.6) is 11.5 Å². The fourth-order valence-corrected chi connectivity index (χ4v) is 3.67. The van der Waals surface area contributed by atoms with Crippen LogP contribution in [0.2, 0.25) is 5.02 Å². The first-order chi connectivity index (χ1) is 14.9. The first-order valence-electron chi connectivity index (χ1n) is 9.17. The molecule has 2 aromatic carbocycles. The van der Waals surface area contributed by atoms with Gasteiger partial charge in [-0.25, -0.2) is 4.39 Å². The summed E-state index contributed by atoms with van der Waals surface area (Å²) in [6, 6.07) is 8.36. The van der Waals surface area contributed by atoms with Gasteiger partial charge in [-0.15, -0.1) is 0 Å². The predicted molar refractivity (Wildman–Crippen MR) is 112 cm³/mol. The third-order valence-corrected chi connectivity index (χ3v) is 5.18. The van der Waals surface area contributed by atoms with Crippen molar-refractivity contribution in [2.24, 2.45) is 0 Å². The fourth-order valence-electron chi connectivity index (χ4n) is 3.44. The van der Waals surface area contributed by atoms with Gasteiger partial charge in [0, 0.05) is 23.4 Å². The maximum Gasteiger partial charge on any atom is 0.255 e. The molecule has 0 spiro atoms. The molecule has 0 saturated heterocycles. The van der Waals surface area contributed by atoms with Crippen LogP contribution in [0.3, 0.4) is 0 Å². The Kier molecular flexibility index (Phi) is 5.47. The van der Waals surface area contributed by atoms with Gasteiger partial charge in [0.1, 0.15) is 23.4 Å². The highest BCUT2D eigenvalue weighted by Gasteiger charge is 2.35. The van der Waals surface area contributed by atoms with Crippen LogP contribution < -0.4 is 20.1 Å². The van der Waals surface area contributed by atoms with Crippen LogP contribution in [-0.4, -0.2) is 40.3 Å². The zero-order valence-electron chi connectivity index (χ0n) is 16.8. The first kappa shape index (κ1) is 20.6. The van der Waals surface area contributed by atoms with Gasteiger partial charge in [0.2, 0.25) is 5.95 Å². The maximum atomic E-state index is 14.7. The number of rotatable bonds is 5. The predicted octanol–water partition coefficient (Wildman–Crippen LogP) is 3.41. The summed E-state index contributed by atoms with van der Waals surface area (Å²) >= 11 is 6.15. The molecular formula is C20H18ClFN6O3. The lowest BCUT2D eigenvalue weighted by molar-refractivity contribution is -0.113. The van der Waals surface area contributed by atoms with Crippen molar-refractivity contribution in [1.82, 2.24) is 20.2 Å². The standard InChI is InChI=1S/C20H18ClFN6O3/c1-10-17(19(29)24-14-9-15(30-2)12(21)8-16(14)31-3)18(11-6-4-5-7-13(11)22)28-20(23-10)25-26-27-28/h4-9,18H,1-3H3,(H,24,29)(H,23,25,27)/t18-/m0/s1. The summed E-state index contributed by atoms with van der Waals surface area (Å²) in [4.78, 5) is 13.4. The van der Waals surface area contributed by atoms with Crippen molar-refractivity contribution in [1.29, 1.82) is 0 Å². The van der Waals surface area contributed by atoms with Gasteiger partial charge in [0.25, 0.3) is 5.91 Å². The zero-order valence-corrected chi connectivity index (χ0v) is 17.6. The number of halogens is 2. The highest BCUT2D eigenvalue weighted by Crippen LogP contribution is 2.39. The van der Waals surface area contributed by atoms with Gasteiger partial charge in [-0.3, -0.25) is 4.79 Å². The molecule has 2 N–H and O–H groups in total. The summed E-state index contributed by atoms with van der Waals surface area (Å²) in [6.45, 7) is 1.70. The first-order valence-corrected chi connectivity index (χ1v) is 9.55. The van der Waals surface area contributed by atoms with Gasteiger partial charge in [-0.05, 0) is 23.4 Å². The summed E-state index contributed by atoms with van der Waals surface area (Å²) in [5.74, 6) is 0.0141. The number of carbonyl (C=O) groups is 1. The summed E-state index contributed by atoms with van der Waals surface area (Å²) in [5.41, 5.74) is 1.31. The number of tetrazole rings is 1. The lowest BCUT2D eigenvalue weighted by Gasteiger charge is -2.28. The second kappa shape index (κ2) is 8.23. The molecule has 1 aliphatic heterocycles. The molecule has 0 saturated carbocycles. The number of ether oxygens (including phenoxy) is 2. The molecule has 1 aromatic heterocycles. The number of nitrogens with zero attached hydrogens (tertiary/aromatic N) is 4. The van der Waals surface area contributed by atoms with Gasteiger partial charge in [-0.2, -0.15) is 4.68 Å². The van der Waals surface area contributed by atoms with E-state index in [1.165, 1.54) is 31.0 Å². The molecule has 9 nitrogen and oxygen atoms in total. The summed E-state index contributed by atoms with van der Waals surface area (Å²) < 4.78 is 26.6. The molecule has 0 bridgehead atoms. The molecule has 0 unspecified atom stereocenters. The van der Waals surface area contributed by atoms with Gasteiger partial charge in [0.15, 0.2) is 0 Å². The fraction of sp³-hybridized carbons (Fsp3) is 0.200. The van der Waals surface area contributed by atoms with Crippen molar-refractivity contribution in [3.05, 3.63) is 64.1 Å². The number of aromatic nitrogens is 4. The van der Waals surface area contributed by atoms with Crippen LogP contribution in [-0.2, 0) is 4.79 Å². The number of benzene rings is 2. The van der Waals surface area contributed by atoms with Gasteiger partial charge in [0.05, 0.1) is 30.5 Å². The summed E-state index contributed by atoms with van der Waals surface area (Å²) in [6.07, 6.45) is 0.